The van der Waals surface area contributed by atoms with Gasteiger partial charge in [-0.3, -0.25) is 4.79 Å². The molecule has 0 aliphatic rings. The predicted octanol–water partition coefficient (Wildman–Crippen LogP) is 4.85. The van der Waals surface area contributed by atoms with Crippen molar-refractivity contribution in [3.63, 3.8) is 0 Å². The van der Waals surface area contributed by atoms with Crippen LogP contribution in [0.15, 0.2) is 28.7 Å². The fourth-order valence-corrected chi connectivity index (χ4v) is 3.70. The van der Waals surface area contributed by atoms with E-state index < -0.39 is 0 Å². The Morgan fingerprint density at radius 2 is 2.09 bits per heavy atom. The summed E-state index contributed by atoms with van der Waals surface area (Å²) in [5, 5.41) is 3.46. The third kappa shape index (κ3) is 4.08. The Morgan fingerprint density at radius 3 is 2.77 bits per heavy atom. The molecule has 22 heavy (non-hydrogen) atoms. The van der Waals surface area contributed by atoms with Crippen molar-refractivity contribution in [2.45, 2.75) is 13.8 Å². The number of carbonyl (C=O) groups excluding carboxylic acids is 2. The van der Waals surface area contributed by atoms with Crippen LogP contribution in [0.5, 0.6) is 0 Å². The third-order valence-electron chi connectivity index (χ3n) is 2.79. The maximum absolute atomic E-state index is 12.4. The van der Waals surface area contributed by atoms with Gasteiger partial charge in [-0.2, -0.15) is 0 Å². The van der Waals surface area contributed by atoms with E-state index in [-0.39, 0.29) is 11.9 Å². The summed E-state index contributed by atoms with van der Waals surface area (Å²) in [6.07, 6.45) is 0. The minimum Gasteiger partial charge on any atom is -0.462 e. The molecule has 0 saturated carbocycles. The van der Waals surface area contributed by atoms with Crippen molar-refractivity contribution >= 4 is 66.7 Å². The van der Waals surface area contributed by atoms with Gasteiger partial charge < -0.3 is 10.1 Å². The molecule has 0 saturated heterocycles. The smallest absolute Gasteiger partial charge is 0.348 e. The lowest BCUT2D eigenvalue weighted by molar-refractivity contribution is 0.0531. The van der Waals surface area contributed by atoms with Crippen molar-refractivity contribution in [1.29, 1.82) is 0 Å². The molecule has 0 atom stereocenters. The van der Waals surface area contributed by atoms with Gasteiger partial charge in [-0.25, -0.2) is 4.79 Å². The summed E-state index contributed by atoms with van der Waals surface area (Å²) in [6.45, 7) is 3.91. The standard InChI is InChI=1S/C15H13BrINO3S/c1-3-21-15(20)13-8(2)6-12(22-13)18-14(19)10-7-9(16)4-5-11(10)17/h4-7H,3H2,1-2H3,(H,18,19). The zero-order chi connectivity index (χ0) is 16.3. The molecular formula is C15H13BrINO3S. The fourth-order valence-electron chi connectivity index (χ4n) is 1.79. The fraction of sp³-hybridized carbons (Fsp3) is 0.200. The van der Waals surface area contributed by atoms with E-state index in [1.54, 1.807) is 19.1 Å². The Kier molecular flexibility index (Phi) is 5.99. The highest BCUT2D eigenvalue weighted by Crippen LogP contribution is 2.28. The van der Waals surface area contributed by atoms with Crippen LogP contribution in [0.4, 0.5) is 5.00 Å². The van der Waals surface area contributed by atoms with Crippen LogP contribution in [0.3, 0.4) is 0 Å². The number of esters is 1. The van der Waals surface area contributed by atoms with Crippen LogP contribution < -0.4 is 5.32 Å². The summed E-state index contributed by atoms with van der Waals surface area (Å²) >= 11 is 6.70. The number of nitrogens with one attached hydrogen (secondary N) is 1. The van der Waals surface area contributed by atoms with Gasteiger partial charge in [0.25, 0.3) is 5.91 Å². The largest absolute Gasteiger partial charge is 0.462 e. The first kappa shape index (κ1) is 17.4. The molecule has 2 aromatic rings. The van der Waals surface area contributed by atoms with E-state index in [0.717, 1.165) is 13.6 Å². The highest BCUT2D eigenvalue weighted by molar-refractivity contribution is 14.1. The van der Waals surface area contributed by atoms with Crippen molar-refractivity contribution in [3.8, 4) is 0 Å². The van der Waals surface area contributed by atoms with E-state index in [1.165, 1.54) is 11.3 Å². The molecule has 0 fully saturated rings. The molecule has 1 aromatic carbocycles. The van der Waals surface area contributed by atoms with Gasteiger partial charge in [0, 0.05) is 8.04 Å². The topological polar surface area (TPSA) is 55.4 Å². The monoisotopic (exact) mass is 493 g/mol. The first-order valence-electron chi connectivity index (χ1n) is 6.46. The van der Waals surface area contributed by atoms with Crippen LogP contribution in [0, 0.1) is 10.5 Å². The zero-order valence-electron chi connectivity index (χ0n) is 11.9. The molecule has 116 valence electrons. The lowest BCUT2D eigenvalue weighted by Crippen LogP contribution is -2.12. The van der Waals surface area contributed by atoms with Crippen LogP contribution in [0.25, 0.3) is 0 Å². The second kappa shape index (κ2) is 7.56. The molecule has 0 aliphatic heterocycles. The summed E-state index contributed by atoms with van der Waals surface area (Å²) in [4.78, 5) is 24.7. The molecule has 0 bridgehead atoms. The maximum atomic E-state index is 12.4. The summed E-state index contributed by atoms with van der Waals surface area (Å²) in [5.74, 6) is -0.565. The van der Waals surface area contributed by atoms with E-state index >= 15 is 0 Å². The van der Waals surface area contributed by atoms with Crippen LogP contribution in [-0.2, 0) is 4.74 Å². The number of rotatable bonds is 4. The number of anilines is 1. The molecule has 1 heterocycles. The molecule has 0 unspecified atom stereocenters. The Hall–Kier alpha value is -0.930. The molecule has 7 heteroatoms. The minimum absolute atomic E-state index is 0.206. The molecule has 2 rings (SSSR count). The number of ether oxygens (including phenoxy) is 1. The van der Waals surface area contributed by atoms with Gasteiger partial charge in [-0.1, -0.05) is 15.9 Å². The van der Waals surface area contributed by atoms with Gasteiger partial charge in [-0.05, 0) is 66.3 Å². The molecule has 1 N–H and O–H groups in total. The van der Waals surface area contributed by atoms with Gasteiger partial charge >= 0.3 is 5.97 Å². The van der Waals surface area contributed by atoms with Crippen LogP contribution in [0.1, 0.15) is 32.5 Å². The second-order valence-electron chi connectivity index (χ2n) is 4.42. The Bertz CT molecular complexity index is 730. The van der Waals surface area contributed by atoms with Gasteiger partial charge in [-0.15, -0.1) is 11.3 Å². The van der Waals surface area contributed by atoms with Crippen molar-refractivity contribution < 1.29 is 14.3 Å². The number of halogens is 2. The second-order valence-corrected chi connectivity index (χ2v) is 7.55. The Balaban J connectivity index is 2.20. The lowest BCUT2D eigenvalue weighted by atomic mass is 10.2. The first-order valence-corrected chi connectivity index (χ1v) is 9.15. The number of hydrogen-bond donors (Lipinski definition) is 1. The number of benzene rings is 1. The lowest BCUT2D eigenvalue weighted by Gasteiger charge is -2.05. The molecule has 1 amide bonds. The van der Waals surface area contributed by atoms with E-state index in [2.05, 4.69) is 43.8 Å². The average Bonchev–Trinajstić information content (AvgIpc) is 2.82. The number of aryl methyl sites for hydroxylation is 1. The normalized spacial score (nSPS) is 10.4. The Morgan fingerprint density at radius 1 is 1.36 bits per heavy atom. The van der Waals surface area contributed by atoms with Crippen LogP contribution in [0.2, 0.25) is 0 Å². The number of amides is 1. The third-order valence-corrected chi connectivity index (χ3v) is 5.35. The number of thiophene rings is 1. The van der Waals surface area contributed by atoms with Gasteiger partial charge in [0.1, 0.15) is 4.88 Å². The zero-order valence-corrected chi connectivity index (χ0v) is 16.5. The molecule has 4 nitrogen and oxygen atoms in total. The van der Waals surface area contributed by atoms with Gasteiger partial charge in [0.15, 0.2) is 0 Å². The maximum Gasteiger partial charge on any atom is 0.348 e. The highest BCUT2D eigenvalue weighted by Gasteiger charge is 2.17. The van der Waals surface area contributed by atoms with Crippen LogP contribution >= 0.6 is 49.9 Å². The highest BCUT2D eigenvalue weighted by atomic mass is 127. The van der Waals surface area contributed by atoms with E-state index in [1.807, 2.05) is 19.1 Å². The van der Waals surface area contributed by atoms with Gasteiger partial charge in [0.05, 0.1) is 17.2 Å². The summed E-state index contributed by atoms with van der Waals surface area (Å²) in [5.41, 5.74) is 1.38. The van der Waals surface area contributed by atoms with Gasteiger partial charge in [0.2, 0.25) is 0 Å². The van der Waals surface area contributed by atoms with E-state index in [0.29, 0.717) is 22.0 Å². The molecule has 0 spiro atoms. The Labute approximate surface area is 154 Å². The quantitative estimate of drug-likeness (QED) is 0.489. The molecule has 1 aromatic heterocycles. The predicted molar refractivity (Wildman–Crippen MR) is 99.8 cm³/mol. The van der Waals surface area contributed by atoms with Crippen molar-refractivity contribution in [1.82, 2.24) is 0 Å². The average molecular weight is 494 g/mol. The van der Waals surface area contributed by atoms with E-state index in [4.69, 9.17) is 4.74 Å². The number of carbonyl (C=O) groups is 2. The summed E-state index contributed by atoms with van der Waals surface area (Å²) in [6, 6.07) is 7.29. The minimum atomic E-state index is -0.359. The first-order chi connectivity index (χ1) is 10.4. The van der Waals surface area contributed by atoms with Crippen LogP contribution in [-0.4, -0.2) is 18.5 Å². The number of hydrogen-bond acceptors (Lipinski definition) is 4. The molecule has 0 aliphatic carbocycles. The van der Waals surface area contributed by atoms with Crippen molar-refractivity contribution in [2.75, 3.05) is 11.9 Å². The molecular weight excluding hydrogens is 481 g/mol. The van der Waals surface area contributed by atoms with Crippen molar-refractivity contribution in [2.24, 2.45) is 0 Å². The molecule has 0 radical (unpaired) electrons. The summed E-state index contributed by atoms with van der Waals surface area (Å²) in [7, 11) is 0. The SMILES string of the molecule is CCOC(=O)c1sc(NC(=O)c2cc(Br)ccc2I)cc1C. The van der Waals surface area contributed by atoms with E-state index in [9.17, 15) is 9.59 Å². The summed E-state index contributed by atoms with van der Waals surface area (Å²) < 4.78 is 6.70. The van der Waals surface area contributed by atoms with Crippen molar-refractivity contribution in [3.05, 3.63) is 48.3 Å².